The second-order valence-electron chi connectivity index (χ2n) is 6.03. The van der Waals surface area contributed by atoms with Gasteiger partial charge in [-0.2, -0.15) is 0 Å². The highest BCUT2D eigenvalue weighted by Crippen LogP contribution is 2.20. The second kappa shape index (κ2) is 9.82. The number of hydrogen-bond donors (Lipinski definition) is 0. The van der Waals surface area contributed by atoms with E-state index in [0.717, 1.165) is 16.8 Å². The summed E-state index contributed by atoms with van der Waals surface area (Å²) in [5, 5.41) is 24.7. The second-order valence-corrected chi connectivity index (χ2v) is 6.03. The van der Waals surface area contributed by atoms with Gasteiger partial charge in [-0.3, -0.25) is 24.2 Å². The van der Waals surface area contributed by atoms with E-state index in [4.69, 9.17) is 0 Å². The molecule has 30 heavy (non-hydrogen) atoms. The highest BCUT2D eigenvalue weighted by Gasteiger charge is 2.06. The van der Waals surface area contributed by atoms with Gasteiger partial charge in [-0.05, 0) is 24.6 Å². The van der Waals surface area contributed by atoms with E-state index in [9.17, 15) is 10.1 Å². The van der Waals surface area contributed by atoms with Gasteiger partial charge in [0.2, 0.25) is 0 Å². The van der Waals surface area contributed by atoms with Crippen LogP contribution in [0.4, 0.5) is 0 Å². The lowest BCUT2D eigenvalue weighted by Gasteiger charge is -1.99. The Labute approximate surface area is 172 Å². The van der Waals surface area contributed by atoms with E-state index in [1.807, 2.05) is 32.4 Å². The van der Waals surface area contributed by atoms with E-state index in [1.54, 1.807) is 24.1 Å². The summed E-state index contributed by atoms with van der Waals surface area (Å²) in [5.41, 5.74) is 4.17. The molecule has 12 nitrogen and oxygen atoms in total. The van der Waals surface area contributed by atoms with Crippen molar-refractivity contribution < 1.29 is 9.92 Å². The van der Waals surface area contributed by atoms with Crippen molar-refractivity contribution in [2.45, 2.75) is 14.4 Å². The molecule has 0 aliphatic heterocycles. The first-order valence-corrected chi connectivity index (χ1v) is 8.33. The minimum absolute atomic E-state index is 0. The molecule has 0 aromatic carbocycles. The van der Waals surface area contributed by atoms with E-state index in [2.05, 4.69) is 35.4 Å². The average Bonchev–Trinajstić information content (AvgIpc) is 3.30. The van der Waals surface area contributed by atoms with Crippen molar-refractivity contribution in [3.63, 3.8) is 0 Å². The van der Waals surface area contributed by atoms with Crippen LogP contribution in [0.15, 0.2) is 49.3 Å². The monoisotopic (exact) mass is 411 g/mol. The van der Waals surface area contributed by atoms with Crippen LogP contribution in [-0.4, -0.2) is 45.0 Å². The van der Waals surface area contributed by atoms with Gasteiger partial charge < -0.3 is 0 Å². The first kappa shape index (κ1) is 22.1. The molecule has 12 heteroatoms. The Balaban J connectivity index is 0.000000211. The third-order valence-electron chi connectivity index (χ3n) is 3.56. The van der Waals surface area contributed by atoms with Gasteiger partial charge in [0, 0.05) is 43.8 Å². The fraction of sp³-hybridized carbons (Fsp3) is 0.222. The van der Waals surface area contributed by atoms with Crippen LogP contribution in [0.25, 0.3) is 22.5 Å². The van der Waals surface area contributed by atoms with Gasteiger partial charge in [-0.1, -0.05) is 17.9 Å². The van der Waals surface area contributed by atoms with Gasteiger partial charge in [-0.15, -0.1) is 20.3 Å². The van der Waals surface area contributed by atoms with E-state index in [1.165, 1.54) is 23.1 Å². The van der Waals surface area contributed by atoms with Crippen LogP contribution in [0.5, 0.6) is 5.75 Å². The number of rotatable bonds is 4. The molecule has 0 N–H and O–H groups in total. The standard InChI is InChI=1S/C9H10N4.C8H7N5O3.CH4/c1-7-3-8(5-10-4-7)9-6-13(2)12-11-9;1-12-5-8(10-11-12)6-2-7(4-9-3-6)16-13(14)15;/h3-6H,1-2H3;2-5H,1H3;1H4. The Hall–Kier alpha value is -4.22. The molecule has 0 saturated carbocycles. The lowest BCUT2D eigenvalue weighted by atomic mass is 10.2. The topological polar surface area (TPSA) is 140 Å². The fourth-order valence-corrected chi connectivity index (χ4v) is 2.35. The summed E-state index contributed by atoms with van der Waals surface area (Å²) in [6.07, 6.45) is 9.93. The van der Waals surface area contributed by atoms with Gasteiger partial charge >= 0.3 is 0 Å². The van der Waals surface area contributed by atoms with Crippen molar-refractivity contribution in [3.05, 3.63) is 65.0 Å². The van der Waals surface area contributed by atoms with Crippen molar-refractivity contribution in [3.8, 4) is 28.3 Å². The molecule has 0 amide bonds. The van der Waals surface area contributed by atoms with Crippen LogP contribution in [0.2, 0.25) is 0 Å². The molecule has 0 atom stereocenters. The van der Waals surface area contributed by atoms with Gasteiger partial charge in [0.1, 0.15) is 17.1 Å². The molecule has 0 spiro atoms. The van der Waals surface area contributed by atoms with Crippen molar-refractivity contribution >= 4 is 0 Å². The summed E-state index contributed by atoms with van der Waals surface area (Å²) in [5.74, 6) is 0.0492. The molecule has 0 saturated heterocycles. The van der Waals surface area contributed by atoms with Crippen LogP contribution in [0.1, 0.15) is 13.0 Å². The molecular formula is C18H21N9O3. The van der Waals surface area contributed by atoms with Crippen LogP contribution in [0, 0.1) is 17.0 Å². The smallest absolute Gasteiger partial charge is 0.275 e. The minimum Gasteiger partial charge on any atom is -0.275 e. The van der Waals surface area contributed by atoms with Crippen molar-refractivity contribution in [2.24, 2.45) is 14.1 Å². The summed E-state index contributed by atoms with van der Waals surface area (Å²) in [4.78, 5) is 22.3. The van der Waals surface area contributed by atoms with Crippen molar-refractivity contribution in [1.29, 1.82) is 0 Å². The van der Waals surface area contributed by atoms with Crippen LogP contribution < -0.4 is 4.84 Å². The molecule has 4 aromatic rings. The van der Waals surface area contributed by atoms with E-state index < -0.39 is 5.09 Å². The molecule has 0 unspecified atom stereocenters. The predicted molar refractivity (Wildman–Crippen MR) is 108 cm³/mol. The van der Waals surface area contributed by atoms with Gasteiger partial charge in [0.15, 0.2) is 0 Å². The molecule has 0 aliphatic carbocycles. The average molecular weight is 411 g/mol. The Morgan fingerprint density at radius 2 is 1.43 bits per heavy atom. The zero-order valence-corrected chi connectivity index (χ0v) is 15.9. The highest BCUT2D eigenvalue weighted by atomic mass is 17.0. The van der Waals surface area contributed by atoms with Gasteiger partial charge in [-0.25, -0.2) is 0 Å². The third kappa shape index (κ3) is 5.89. The van der Waals surface area contributed by atoms with Crippen LogP contribution >= 0.6 is 0 Å². The predicted octanol–water partition coefficient (Wildman–Crippen LogP) is 2.27. The minimum atomic E-state index is -0.891. The van der Waals surface area contributed by atoms with Gasteiger partial charge in [0.05, 0.1) is 18.6 Å². The van der Waals surface area contributed by atoms with Crippen LogP contribution in [-0.2, 0) is 14.1 Å². The number of aryl methyl sites for hydroxylation is 3. The first-order valence-electron chi connectivity index (χ1n) is 8.33. The molecule has 0 aliphatic rings. The molecule has 4 aromatic heterocycles. The molecule has 0 bridgehead atoms. The third-order valence-corrected chi connectivity index (χ3v) is 3.56. The van der Waals surface area contributed by atoms with Gasteiger partial charge in [0.25, 0.3) is 5.09 Å². The molecule has 0 fully saturated rings. The quantitative estimate of drug-likeness (QED) is 0.365. The first-order chi connectivity index (χ1) is 13.9. The Kier molecular flexibility index (Phi) is 7.22. The lowest BCUT2D eigenvalue weighted by Crippen LogP contribution is -2.03. The molecular weight excluding hydrogens is 390 g/mol. The zero-order valence-electron chi connectivity index (χ0n) is 15.9. The summed E-state index contributed by atoms with van der Waals surface area (Å²) < 4.78 is 3.20. The SMILES string of the molecule is C.Cc1cncc(-c2cn(C)nn2)c1.Cn1cc(-c2cncc(O[N+](=O)[O-])c2)nn1. The number of hydrogen-bond acceptors (Lipinski definition) is 9. The summed E-state index contributed by atoms with van der Waals surface area (Å²) >= 11 is 0. The van der Waals surface area contributed by atoms with Crippen molar-refractivity contribution in [2.75, 3.05) is 0 Å². The Morgan fingerprint density at radius 1 is 0.900 bits per heavy atom. The summed E-state index contributed by atoms with van der Waals surface area (Å²) in [6, 6.07) is 3.51. The maximum absolute atomic E-state index is 10.1. The normalized spacial score (nSPS) is 9.83. The largest absolute Gasteiger partial charge is 0.299 e. The van der Waals surface area contributed by atoms with Crippen LogP contribution in [0.3, 0.4) is 0 Å². The molecule has 156 valence electrons. The Bertz CT molecular complexity index is 1120. The van der Waals surface area contributed by atoms with E-state index in [-0.39, 0.29) is 13.2 Å². The highest BCUT2D eigenvalue weighted by molar-refractivity contribution is 5.58. The number of nitrogens with zero attached hydrogens (tertiary/aromatic N) is 9. The lowest BCUT2D eigenvalue weighted by molar-refractivity contribution is -0.711. The number of aromatic nitrogens is 8. The molecule has 0 radical (unpaired) electrons. The fourth-order valence-electron chi connectivity index (χ4n) is 2.35. The summed E-state index contributed by atoms with van der Waals surface area (Å²) in [7, 11) is 3.57. The molecule has 4 heterocycles. The maximum atomic E-state index is 10.1. The summed E-state index contributed by atoms with van der Waals surface area (Å²) in [6.45, 7) is 2.01. The Morgan fingerprint density at radius 3 is 1.90 bits per heavy atom. The number of pyridine rings is 2. The zero-order chi connectivity index (χ0) is 20.8. The molecule has 4 rings (SSSR count). The maximum Gasteiger partial charge on any atom is 0.299 e. The van der Waals surface area contributed by atoms with E-state index in [0.29, 0.717) is 11.3 Å². The van der Waals surface area contributed by atoms with E-state index >= 15 is 0 Å². The van der Waals surface area contributed by atoms with Crippen molar-refractivity contribution in [1.82, 2.24) is 40.0 Å².